The Morgan fingerprint density at radius 2 is 2.25 bits per heavy atom. The van der Waals surface area contributed by atoms with Gasteiger partial charge in [0, 0.05) is 5.92 Å². The lowest BCUT2D eigenvalue weighted by atomic mass is 9.99. The van der Waals surface area contributed by atoms with Crippen LogP contribution in [-0.4, -0.2) is 6.61 Å². The van der Waals surface area contributed by atoms with Crippen LogP contribution in [0, 0.1) is 11.8 Å². The zero-order chi connectivity index (χ0) is 6.15. The van der Waals surface area contributed by atoms with Crippen LogP contribution >= 0.6 is 0 Å². The molecule has 2 atom stereocenters. The van der Waals surface area contributed by atoms with Gasteiger partial charge in [-0.25, -0.2) is 0 Å². The molecule has 0 aromatic heterocycles. The molecule has 0 radical (unpaired) electrons. The van der Waals surface area contributed by atoms with Crippen LogP contribution in [0.25, 0.3) is 0 Å². The minimum atomic E-state index is 0.565. The zero-order valence-corrected chi connectivity index (χ0v) is 5.48. The lowest BCUT2D eigenvalue weighted by Crippen LogP contribution is -2.00. The molecule has 8 heavy (non-hydrogen) atoms. The van der Waals surface area contributed by atoms with E-state index in [2.05, 4.69) is 20.4 Å². The van der Waals surface area contributed by atoms with Gasteiger partial charge in [-0.05, 0) is 5.92 Å². The van der Waals surface area contributed by atoms with Gasteiger partial charge in [0.1, 0.15) is 0 Å². The van der Waals surface area contributed by atoms with E-state index in [1.54, 1.807) is 0 Å². The van der Waals surface area contributed by atoms with Gasteiger partial charge in [0.15, 0.2) is 0 Å². The molecule has 0 aromatic carbocycles. The lowest BCUT2D eigenvalue weighted by Gasteiger charge is -2.02. The Kier molecular flexibility index (Phi) is 1.28. The second kappa shape index (κ2) is 1.81. The minimum Gasteiger partial charge on any atom is -0.498 e. The largest absolute Gasteiger partial charge is 0.498 e. The van der Waals surface area contributed by atoms with Crippen LogP contribution < -0.4 is 0 Å². The van der Waals surface area contributed by atoms with Gasteiger partial charge >= 0.3 is 0 Å². The minimum absolute atomic E-state index is 0.565. The molecule has 0 spiro atoms. The SMILES string of the molecule is C=C1OCC(C)C1C. The smallest absolute Gasteiger partial charge is 0.0920 e. The van der Waals surface area contributed by atoms with Crippen LogP contribution in [0.2, 0.25) is 0 Å². The molecule has 0 aliphatic carbocycles. The summed E-state index contributed by atoms with van der Waals surface area (Å²) in [7, 11) is 0. The Hall–Kier alpha value is -0.460. The van der Waals surface area contributed by atoms with E-state index < -0.39 is 0 Å². The van der Waals surface area contributed by atoms with Crippen LogP contribution in [0.15, 0.2) is 12.3 Å². The summed E-state index contributed by atoms with van der Waals surface area (Å²) in [6, 6.07) is 0. The number of hydrogen-bond acceptors (Lipinski definition) is 1. The average molecular weight is 112 g/mol. The van der Waals surface area contributed by atoms with Crippen molar-refractivity contribution in [3.63, 3.8) is 0 Å². The molecular formula is C7H12O. The highest BCUT2D eigenvalue weighted by molar-refractivity contribution is 4.96. The monoisotopic (exact) mass is 112 g/mol. The molecule has 1 rings (SSSR count). The van der Waals surface area contributed by atoms with Crippen molar-refractivity contribution in [2.24, 2.45) is 11.8 Å². The summed E-state index contributed by atoms with van der Waals surface area (Å²) >= 11 is 0. The molecule has 46 valence electrons. The molecule has 1 fully saturated rings. The maximum absolute atomic E-state index is 5.18. The molecule has 0 N–H and O–H groups in total. The van der Waals surface area contributed by atoms with Gasteiger partial charge < -0.3 is 4.74 Å². The molecule has 1 heterocycles. The van der Waals surface area contributed by atoms with Crippen LogP contribution in [0.5, 0.6) is 0 Å². The van der Waals surface area contributed by atoms with Gasteiger partial charge in [-0.3, -0.25) is 0 Å². The Balaban J connectivity index is 2.56. The van der Waals surface area contributed by atoms with Crippen LogP contribution in [0.3, 0.4) is 0 Å². The molecular weight excluding hydrogens is 100 g/mol. The van der Waals surface area contributed by atoms with Gasteiger partial charge in [0.2, 0.25) is 0 Å². The van der Waals surface area contributed by atoms with Crippen molar-refractivity contribution in [1.29, 1.82) is 0 Å². The van der Waals surface area contributed by atoms with E-state index in [4.69, 9.17) is 4.74 Å². The molecule has 1 saturated heterocycles. The maximum atomic E-state index is 5.18. The molecule has 0 aromatic rings. The molecule has 1 aliphatic heterocycles. The Morgan fingerprint density at radius 3 is 2.38 bits per heavy atom. The number of rotatable bonds is 0. The Bertz CT molecular complexity index is 107. The summed E-state index contributed by atoms with van der Waals surface area (Å²) < 4.78 is 5.18. The molecule has 1 heteroatoms. The first-order chi connectivity index (χ1) is 3.72. The summed E-state index contributed by atoms with van der Waals surface area (Å²) in [5.41, 5.74) is 0. The van der Waals surface area contributed by atoms with Crippen LogP contribution in [0.1, 0.15) is 13.8 Å². The van der Waals surface area contributed by atoms with Crippen molar-refractivity contribution in [2.45, 2.75) is 13.8 Å². The van der Waals surface area contributed by atoms with Crippen LogP contribution in [0.4, 0.5) is 0 Å². The Labute approximate surface area is 50.3 Å². The van der Waals surface area contributed by atoms with Crippen molar-refractivity contribution in [3.8, 4) is 0 Å². The maximum Gasteiger partial charge on any atom is 0.0920 e. The number of allylic oxidation sites excluding steroid dienone is 1. The predicted octanol–water partition coefficient (Wildman–Crippen LogP) is 1.80. The average Bonchev–Trinajstić information content (AvgIpc) is 1.98. The standard InChI is InChI=1S/C7H12O/c1-5-4-8-7(3)6(5)2/h5-6H,3-4H2,1-2H3. The quantitative estimate of drug-likeness (QED) is 0.464. The highest BCUT2D eigenvalue weighted by Crippen LogP contribution is 2.27. The molecule has 1 nitrogen and oxygen atoms in total. The summed E-state index contributed by atoms with van der Waals surface area (Å²) in [6.45, 7) is 8.96. The molecule has 1 aliphatic rings. The van der Waals surface area contributed by atoms with Crippen molar-refractivity contribution in [3.05, 3.63) is 12.3 Å². The fraction of sp³-hybridized carbons (Fsp3) is 0.714. The van der Waals surface area contributed by atoms with Crippen molar-refractivity contribution >= 4 is 0 Å². The van der Waals surface area contributed by atoms with Gasteiger partial charge in [0.05, 0.1) is 12.4 Å². The number of ether oxygens (including phenoxy) is 1. The molecule has 0 saturated carbocycles. The predicted molar refractivity (Wildman–Crippen MR) is 33.4 cm³/mol. The second-order valence-electron chi connectivity index (χ2n) is 2.54. The van der Waals surface area contributed by atoms with Crippen molar-refractivity contribution in [2.75, 3.05) is 6.61 Å². The molecule has 2 unspecified atom stereocenters. The first kappa shape index (κ1) is 5.67. The first-order valence-electron chi connectivity index (χ1n) is 3.03. The number of hydrogen-bond donors (Lipinski definition) is 0. The van der Waals surface area contributed by atoms with E-state index in [0.717, 1.165) is 12.4 Å². The second-order valence-corrected chi connectivity index (χ2v) is 2.54. The van der Waals surface area contributed by atoms with Gasteiger partial charge in [-0.15, -0.1) is 0 Å². The third-order valence-corrected chi connectivity index (χ3v) is 1.89. The fourth-order valence-electron chi connectivity index (χ4n) is 0.832. The highest BCUT2D eigenvalue weighted by Gasteiger charge is 2.23. The summed E-state index contributed by atoms with van der Waals surface area (Å²) in [4.78, 5) is 0. The fourth-order valence-corrected chi connectivity index (χ4v) is 0.832. The molecule has 0 amide bonds. The highest BCUT2D eigenvalue weighted by atomic mass is 16.5. The zero-order valence-electron chi connectivity index (χ0n) is 5.48. The normalized spacial score (nSPS) is 37.5. The topological polar surface area (TPSA) is 9.23 Å². The summed E-state index contributed by atoms with van der Waals surface area (Å²) in [5, 5.41) is 0. The summed E-state index contributed by atoms with van der Waals surface area (Å²) in [6.07, 6.45) is 0. The first-order valence-corrected chi connectivity index (χ1v) is 3.03. The van der Waals surface area contributed by atoms with E-state index in [-0.39, 0.29) is 0 Å². The van der Waals surface area contributed by atoms with E-state index in [1.807, 2.05) is 0 Å². The summed E-state index contributed by atoms with van der Waals surface area (Å²) in [5.74, 6) is 2.19. The van der Waals surface area contributed by atoms with Gasteiger partial charge in [-0.1, -0.05) is 20.4 Å². The van der Waals surface area contributed by atoms with Crippen LogP contribution in [-0.2, 0) is 4.74 Å². The van der Waals surface area contributed by atoms with E-state index in [9.17, 15) is 0 Å². The lowest BCUT2D eigenvalue weighted by molar-refractivity contribution is 0.246. The van der Waals surface area contributed by atoms with E-state index in [0.29, 0.717) is 11.8 Å². The third kappa shape index (κ3) is 0.726. The third-order valence-electron chi connectivity index (χ3n) is 1.89. The van der Waals surface area contributed by atoms with Crippen molar-refractivity contribution < 1.29 is 4.74 Å². The van der Waals surface area contributed by atoms with Gasteiger partial charge in [-0.2, -0.15) is 0 Å². The van der Waals surface area contributed by atoms with E-state index in [1.165, 1.54) is 0 Å². The van der Waals surface area contributed by atoms with Crippen molar-refractivity contribution in [1.82, 2.24) is 0 Å². The molecule has 0 bridgehead atoms. The Morgan fingerprint density at radius 1 is 1.62 bits per heavy atom. The van der Waals surface area contributed by atoms with E-state index >= 15 is 0 Å². The van der Waals surface area contributed by atoms with Gasteiger partial charge in [0.25, 0.3) is 0 Å².